The lowest BCUT2D eigenvalue weighted by molar-refractivity contribution is -0.242. The molecule has 0 spiro atoms. The molecule has 0 aromatic carbocycles. The third-order valence-corrected chi connectivity index (χ3v) is 2.63. The summed E-state index contributed by atoms with van der Waals surface area (Å²) >= 11 is 0. The number of carboxylic acids is 1. The normalized spacial score (nSPS) is 33.3. The first-order chi connectivity index (χ1) is 6.27. The van der Waals surface area contributed by atoms with Crippen molar-refractivity contribution < 1.29 is 27.5 Å². The minimum absolute atomic E-state index is 0.0116. The standard InChI is InChI=1S/C8H10F4O2/c9-7(8(10,11)12)3-1-2-5(7)4-6(13)14/h5H,1-4H2,(H,13,14). The number of alkyl halides is 4. The Hall–Kier alpha value is -0.810. The van der Waals surface area contributed by atoms with Crippen molar-refractivity contribution in [1.82, 2.24) is 0 Å². The van der Waals surface area contributed by atoms with E-state index in [0.717, 1.165) is 0 Å². The zero-order chi connectivity index (χ0) is 11.0. The Kier molecular flexibility index (Phi) is 2.74. The van der Waals surface area contributed by atoms with Crippen LogP contribution in [0.15, 0.2) is 0 Å². The summed E-state index contributed by atoms with van der Waals surface area (Å²) < 4.78 is 50.3. The summed E-state index contributed by atoms with van der Waals surface area (Å²) in [5.41, 5.74) is -3.30. The maximum absolute atomic E-state index is 13.5. The van der Waals surface area contributed by atoms with Gasteiger partial charge < -0.3 is 5.11 Å². The van der Waals surface area contributed by atoms with Crippen molar-refractivity contribution in [1.29, 1.82) is 0 Å². The van der Waals surface area contributed by atoms with Crippen molar-refractivity contribution in [3.63, 3.8) is 0 Å². The molecule has 0 aromatic heterocycles. The van der Waals surface area contributed by atoms with Crippen LogP contribution in [0.4, 0.5) is 17.6 Å². The highest BCUT2D eigenvalue weighted by Crippen LogP contribution is 2.50. The van der Waals surface area contributed by atoms with Gasteiger partial charge in [0.05, 0.1) is 6.42 Å². The number of rotatable bonds is 2. The van der Waals surface area contributed by atoms with Crippen LogP contribution in [0.3, 0.4) is 0 Å². The van der Waals surface area contributed by atoms with Gasteiger partial charge in [-0.3, -0.25) is 4.79 Å². The summed E-state index contributed by atoms with van der Waals surface area (Å²) in [6.45, 7) is 0. The van der Waals surface area contributed by atoms with Crippen molar-refractivity contribution in [3.05, 3.63) is 0 Å². The van der Waals surface area contributed by atoms with E-state index >= 15 is 0 Å². The maximum Gasteiger partial charge on any atom is 0.422 e. The van der Waals surface area contributed by atoms with Gasteiger partial charge in [0.15, 0.2) is 0 Å². The molecular formula is C8H10F4O2. The van der Waals surface area contributed by atoms with Gasteiger partial charge >= 0.3 is 12.1 Å². The summed E-state index contributed by atoms with van der Waals surface area (Å²) in [6, 6.07) is 0. The topological polar surface area (TPSA) is 37.3 Å². The van der Waals surface area contributed by atoms with Gasteiger partial charge in [0.25, 0.3) is 0 Å². The molecule has 0 radical (unpaired) electrons. The number of hydrogen-bond acceptors (Lipinski definition) is 1. The van der Waals surface area contributed by atoms with Crippen LogP contribution in [0.5, 0.6) is 0 Å². The Bertz CT molecular complexity index is 238. The van der Waals surface area contributed by atoms with E-state index < -0.39 is 36.6 Å². The van der Waals surface area contributed by atoms with Gasteiger partial charge in [-0.25, -0.2) is 4.39 Å². The van der Waals surface area contributed by atoms with Gasteiger partial charge in [-0.15, -0.1) is 0 Å². The molecule has 2 unspecified atom stereocenters. The molecule has 6 heteroatoms. The Morgan fingerprint density at radius 2 is 2.07 bits per heavy atom. The Balaban J connectivity index is 2.81. The molecule has 1 aliphatic carbocycles. The van der Waals surface area contributed by atoms with E-state index in [1.165, 1.54) is 0 Å². The molecule has 1 aliphatic rings. The molecule has 1 fully saturated rings. The van der Waals surface area contributed by atoms with E-state index in [2.05, 4.69) is 0 Å². The van der Waals surface area contributed by atoms with E-state index in [-0.39, 0.29) is 12.8 Å². The number of carboxylic acid groups (broad SMARTS) is 1. The summed E-state index contributed by atoms with van der Waals surface area (Å²) in [5.74, 6) is -2.82. The average molecular weight is 214 g/mol. The fourth-order valence-corrected chi connectivity index (χ4v) is 1.89. The lowest BCUT2D eigenvalue weighted by Gasteiger charge is -2.28. The van der Waals surface area contributed by atoms with Crippen molar-refractivity contribution >= 4 is 5.97 Å². The average Bonchev–Trinajstić information content (AvgIpc) is 2.31. The van der Waals surface area contributed by atoms with Crippen LogP contribution in [0.2, 0.25) is 0 Å². The minimum Gasteiger partial charge on any atom is -0.481 e. The highest BCUT2D eigenvalue weighted by atomic mass is 19.4. The molecular weight excluding hydrogens is 204 g/mol. The number of carbonyl (C=O) groups is 1. The third-order valence-electron chi connectivity index (χ3n) is 2.63. The molecule has 0 bridgehead atoms. The van der Waals surface area contributed by atoms with Crippen LogP contribution in [0.1, 0.15) is 25.7 Å². The molecule has 0 heterocycles. The highest BCUT2D eigenvalue weighted by Gasteiger charge is 2.62. The van der Waals surface area contributed by atoms with Crippen LogP contribution in [0, 0.1) is 5.92 Å². The second-order valence-corrected chi connectivity index (χ2v) is 3.55. The van der Waals surface area contributed by atoms with E-state index in [1.807, 2.05) is 0 Å². The molecule has 2 nitrogen and oxygen atoms in total. The molecule has 0 aromatic rings. The second kappa shape index (κ2) is 3.40. The number of hydrogen-bond donors (Lipinski definition) is 1. The van der Waals surface area contributed by atoms with E-state index in [9.17, 15) is 22.4 Å². The molecule has 2 atom stereocenters. The fraction of sp³-hybridized carbons (Fsp3) is 0.875. The quantitative estimate of drug-likeness (QED) is 0.717. The third kappa shape index (κ3) is 1.83. The lowest BCUT2D eigenvalue weighted by Crippen LogP contribution is -2.44. The van der Waals surface area contributed by atoms with Crippen molar-refractivity contribution in [2.45, 2.75) is 37.5 Å². The van der Waals surface area contributed by atoms with Gasteiger partial charge in [-0.05, 0) is 19.3 Å². The largest absolute Gasteiger partial charge is 0.481 e. The van der Waals surface area contributed by atoms with Crippen molar-refractivity contribution in [2.24, 2.45) is 5.92 Å². The molecule has 1 N–H and O–H groups in total. The van der Waals surface area contributed by atoms with Gasteiger partial charge in [0.2, 0.25) is 5.67 Å². The molecule has 0 aliphatic heterocycles. The predicted octanol–water partition coefficient (Wildman–Crippen LogP) is 2.53. The lowest BCUT2D eigenvalue weighted by atomic mass is 9.89. The monoisotopic (exact) mass is 214 g/mol. The Morgan fingerprint density at radius 3 is 2.50 bits per heavy atom. The predicted molar refractivity (Wildman–Crippen MR) is 39.5 cm³/mol. The van der Waals surface area contributed by atoms with E-state index in [1.54, 1.807) is 0 Å². The van der Waals surface area contributed by atoms with Crippen LogP contribution in [0.25, 0.3) is 0 Å². The highest BCUT2D eigenvalue weighted by molar-refractivity contribution is 5.67. The first kappa shape index (κ1) is 11.3. The van der Waals surface area contributed by atoms with Crippen molar-refractivity contribution in [2.75, 3.05) is 0 Å². The van der Waals surface area contributed by atoms with Gasteiger partial charge in [-0.1, -0.05) is 0 Å². The smallest absolute Gasteiger partial charge is 0.422 e. The fourth-order valence-electron chi connectivity index (χ4n) is 1.89. The molecule has 1 saturated carbocycles. The first-order valence-electron chi connectivity index (χ1n) is 4.25. The minimum atomic E-state index is -4.95. The number of halogens is 4. The summed E-state index contributed by atoms with van der Waals surface area (Å²) in [6.07, 6.45) is -6.25. The second-order valence-electron chi connectivity index (χ2n) is 3.55. The summed E-state index contributed by atoms with van der Waals surface area (Å²) in [4.78, 5) is 10.2. The maximum atomic E-state index is 13.5. The SMILES string of the molecule is O=C(O)CC1CCCC1(F)C(F)(F)F. The first-order valence-corrected chi connectivity index (χ1v) is 4.25. The summed E-state index contributed by atoms with van der Waals surface area (Å²) in [7, 11) is 0. The van der Waals surface area contributed by atoms with Gasteiger partial charge in [0.1, 0.15) is 0 Å². The van der Waals surface area contributed by atoms with Crippen LogP contribution >= 0.6 is 0 Å². The molecule has 0 saturated heterocycles. The Morgan fingerprint density at radius 1 is 1.50 bits per heavy atom. The van der Waals surface area contributed by atoms with Crippen molar-refractivity contribution in [3.8, 4) is 0 Å². The zero-order valence-corrected chi connectivity index (χ0v) is 7.27. The summed E-state index contributed by atoms with van der Waals surface area (Å²) in [5, 5.41) is 8.34. The zero-order valence-electron chi connectivity index (χ0n) is 7.27. The van der Waals surface area contributed by atoms with Gasteiger partial charge in [0, 0.05) is 5.92 Å². The van der Waals surface area contributed by atoms with Crippen LogP contribution in [-0.4, -0.2) is 22.9 Å². The molecule has 0 amide bonds. The van der Waals surface area contributed by atoms with Crippen LogP contribution < -0.4 is 0 Å². The van der Waals surface area contributed by atoms with Gasteiger partial charge in [-0.2, -0.15) is 13.2 Å². The molecule has 14 heavy (non-hydrogen) atoms. The van der Waals surface area contributed by atoms with E-state index in [4.69, 9.17) is 5.11 Å². The number of aliphatic carboxylic acids is 1. The Labute approximate surface area is 77.9 Å². The van der Waals surface area contributed by atoms with E-state index in [0.29, 0.717) is 0 Å². The molecule has 82 valence electrons. The van der Waals surface area contributed by atoms with Crippen LogP contribution in [-0.2, 0) is 4.79 Å². The molecule has 1 rings (SSSR count).